The van der Waals surface area contributed by atoms with E-state index in [1.165, 1.54) is 6.26 Å². The molecular weight excluding hydrogens is 266 g/mol. The average molecular weight is 285 g/mol. The Balaban J connectivity index is 2.53. The predicted octanol–water partition coefficient (Wildman–Crippen LogP) is 0.733. The van der Waals surface area contributed by atoms with Crippen molar-refractivity contribution in [1.82, 2.24) is 5.32 Å². The van der Waals surface area contributed by atoms with E-state index in [9.17, 15) is 13.2 Å². The molecule has 2 N–H and O–H groups in total. The Labute approximate surface area is 113 Å². The SMILES string of the molecule is CS(=O)(=O)Cc1ccc(C(=O)NCCCCO)cc1. The van der Waals surface area contributed by atoms with E-state index in [1.807, 2.05) is 0 Å². The van der Waals surface area contributed by atoms with Gasteiger partial charge in [0.25, 0.3) is 5.91 Å². The fraction of sp³-hybridized carbons (Fsp3) is 0.462. The molecule has 0 saturated heterocycles. The maximum absolute atomic E-state index is 11.7. The maximum atomic E-state index is 11.7. The van der Waals surface area contributed by atoms with E-state index in [2.05, 4.69) is 5.32 Å². The maximum Gasteiger partial charge on any atom is 0.251 e. The molecule has 0 fully saturated rings. The number of hydrogen-bond donors (Lipinski definition) is 2. The Morgan fingerprint density at radius 2 is 1.84 bits per heavy atom. The van der Waals surface area contributed by atoms with Crippen LogP contribution < -0.4 is 5.32 Å². The monoisotopic (exact) mass is 285 g/mol. The van der Waals surface area contributed by atoms with Crippen LogP contribution in [0, 0.1) is 0 Å². The van der Waals surface area contributed by atoms with Crippen LogP contribution >= 0.6 is 0 Å². The van der Waals surface area contributed by atoms with Gasteiger partial charge in [-0.25, -0.2) is 8.42 Å². The number of carbonyl (C=O) groups excluding carboxylic acids is 1. The minimum atomic E-state index is -3.06. The molecule has 0 heterocycles. The van der Waals surface area contributed by atoms with E-state index in [0.29, 0.717) is 24.1 Å². The van der Waals surface area contributed by atoms with Crippen molar-refractivity contribution in [2.24, 2.45) is 0 Å². The fourth-order valence-electron chi connectivity index (χ4n) is 1.60. The quantitative estimate of drug-likeness (QED) is 0.724. The van der Waals surface area contributed by atoms with Gasteiger partial charge in [-0.1, -0.05) is 12.1 Å². The number of nitrogens with one attached hydrogen (secondary N) is 1. The lowest BCUT2D eigenvalue weighted by atomic mass is 10.1. The van der Waals surface area contributed by atoms with Crippen LogP contribution in [0.2, 0.25) is 0 Å². The van der Waals surface area contributed by atoms with Crippen LogP contribution in [0.15, 0.2) is 24.3 Å². The van der Waals surface area contributed by atoms with E-state index in [1.54, 1.807) is 24.3 Å². The predicted molar refractivity (Wildman–Crippen MR) is 73.6 cm³/mol. The molecule has 19 heavy (non-hydrogen) atoms. The van der Waals surface area contributed by atoms with Gasteiger partial charge in [0.05, 0.1) is 5.75 Å². The number of carbonyl (C=O) groups is 1. The summed E-state index contributed by atoms with van der Waals surface area (Å²) >= 11 is 0. The molecule has 6 heteroatoms. The van der Waals surface area contributed by atoms with E-state index in [4.69, 9.17) is 5.11 Å². The van der Waals surface area contributed by atoms with Crippen molar-refractivity contribution in [3.63, 3.8) is 0 Å². The first kappa shape index (κ1) is 15.7. The molecule has 0 atom stereocenters. The number of aliphatic hydroxyl groups is 1. The summed E-state index contributed by atoms with van der Waals surface area (Å²) in [4.78, 5) is 11.7. The van der Waals surface area contributed by atoms with E-state index in [0.717, 1.165) is 6.42 Å². The Morgan fingerprint density at radius 1 is 1.21 bits per heavy atom. The molecule has 0 unspecified atom stereocenters. The van der Waals surface area contributed by atoms with Gasteiger partial charge in [0.2, 0.25) is 0 Å². The molecule has 5 nitrogen and oxygen atoms in total. The second-order valence-electron chi connectivity index (χ2n) is 4.45. The molecule has 0 spiro atoms. The average Bonchev–Trinajstić information content (AvgIpc) is 2.33. The summed E-state index contributed by atoms with van der Waals surface area (Å²) in [6.45, 7) is 0.639. The van der Waals surface area contributed by atoms with Crippen molar-refractivity contribution in [2.45, 2.75) is 18.6 Å². The van der Waals surface area contributed by atoms with Gasteiger partial charge in [-0.15, -0.1) is 0 Å². The zero-order valence-corrected chi connectivity index (χ0v) is 11.7. The largest absolute Gasteiger partial charge is 0.396 e. The van der Waals surface area contributed by atoms with Gasteiger partial charge in [0.15, 0.2) is 9.84 Å². The zero-order valence-electron chi connectivity index (χ0n) is 10.9. The highest BCUT2D eigenvalue weighted by atomic mass is 32.2. The molecule has 1 aromatic carbocycles. The van der Waals surface area contributed by atoms with Crippen LogP contribution in [0.5, 0.6) is 0 Å². The number of hydrogen-bond acceptors (Lipinski definition) is 4. The first-order chi connectivity index (χ1) is 8.92. The molecule has 106 valence electrons. The normalized spacial score (nSPS) is 11.3. The summed E-state index contributed by atoms with van der Waals surface area (Å²) in [5.41, 5.74) is 1.17. The zero-order chi connectivity index (χ0) is 14.3. The van der Waals surface area contributed by atoms with Gasteiger partial charge in [-0.05, 0) is 30.5 Å². The van der Waals surface area contributed by atoms with Gasteiger partial charge in [0, 0.05) is 25.0 Å². The van der Waals surface area contributed by atoms with Crippen LogP contribution in [0.1, 0.15) is 28.8 Å². The third-order valence-corrected chi connectivity index (χ3v) is 3.37. The van der Waals surface area contributed by atoms with Crippen molar-refractivity contribution in [3.05, 3.63) is 35.4 Å². The number of aliphatic hydroxyl groups excluding tert-OH is 1. The summed E-state index contributed by atoms with van der Waals surface area (Å²) in [5.74, 6) is -0.213. The van der Waals surface area contributed by atoms with Crippen LogP contribution in [0.4, 0.5) is 0 Å². The lowest BCUT2D eigenvalue weighted by molar-refractivity contribution is 0.0952. The van der Waals surface area contributed by atoms with Gasteiger partial charge >= 0.3 is 0 Å². The number of rotatable bonds is 7. The number of sulfone groups is 1. The Hall–Kier alpha value is -1.40. The van der Waals surface area contributed by atoms with Crippen molar-refractivity contribution in [1.29, 1.82) is 0 Å². The molecule has 0 radical (unpaired) electrons. The van der Waals surface area contributed by atoms with Crippen molar-refractivity contribution < 1.29 is 18.3 Å². The van der Waals surface area contributed by atoms with Crippen molar-refractivity contribution >= 4 is 15.7 Å². The summed E-state index contributed by atoms with van der Waals surface area (Å²) in [6, 6.07) is 6.51. The van der Waals surface area contributed by atoms with E-state index < -0.39 is 9.84 Å². The molecule has 1 aromatic rings. The molecular formula is C13H19NO4S. The highest BCUT2D eigenvalue weighted by Crippen LogP contribution is 2.07. The van der Waals surface area contributed by atoms with Crippen LogP contribution in [-0.2, 0) is 15.6 Å². The molecule has 0 aliphatic heterocycles. The Morgan fingerprint density at radius 3 is 2.37 bits per heavy atom. The van der Waals surface area contributed by atoms with Crippen molar-refractivity contribution in [3.8, 4) is 0 Å². The van der Waals surface area contributed by atoms with Crippen LogP contribution in [-0.4, -0.2) is 38.8 Å². The molecule has 0 aromatic heterocycles. The van der Waals surface area contributed by atoms with Gasteiger partial charge in [-0.3, -0.25) is 4.79 Å². The van der Waals surface area contributed by atoms with Crippen molar-refractivity contribution in [2.75, 3.05) is 19.4 Å². The molecule has 1 rings (SSSR count). The molecule has 1 amide bonds. The second-order valence-corrected chi connectivity index (χ2v) is 6.59. The van der Waals surface area contributed by atoms with Crippen LogP contribution in [0.3, 0.4) is 0 Å². The summed E-state index contributed by atoms with van der Waals surface area (Å²) in [5, 5.41) is 11.3. The second kappa shape index (κ2) is 7.25. The first-order valence-electron chi connectivity index (χ1n) is 6.08. The third kappa shape index (κ3) is 6.35. The van der Waals surface area contributed by atoms with Gasteiger partial charge in [-0.2, -0.15) is 0 Å². The van der Waals surface area contributed by atoms with E-state index >= 15 is 0 Å². The lowest BCUT2D eigenvalue weighted by Gasteiger charge is -2.05. The number of amides is 1. The number of unbranched alkanes of at least 4 members (excludes halogenated alkanes) is 1. The van der Waals surface area contributed by atoms with Gasteiger partial charge in [0.1, 0.15) is 0 Å². The fourth-order valence-corrected chi connectivity index (χ4v) is 2.39. The third-order valence-electron chi connectivity index (χ3n) is 2.52. The number of benzene rings is 1. The molecule has 0 aliphatic carbocycles. The first-order valence-corrected chi connectivity index (χ1v) is 8.14. The summed E-state index contributed by atoms with van der Waals surface area (Å²) < 4.78 is 22.2. The summed E-state index contributed by atoms with van der Waals surface area (Å²) in [7, 11) is -3.06. The smallest absolute Gasteiger partial charge is 0.251 e. The topological polar surface area (TPSA) is 83.5 Å². The van der Waals surface area contributed by atoms with Crippen LogP contribution in [0.25, 0.3) is 0 Å². The molecule has 0 saturated carbocycles. The molecule has 0 bridgehead atoms. The highest BCUT2D eigenvalue weighted by molar-refractivity contribution is 7.89. The Kier molecular flexibility index (Phi) is 5.98. The van der Waals surface area contributed by atoms with E-state index in [-0.39, 0.29) is 18.3 Å². The van der Waals surface area contributed by atoms with Gasteiger partial charge < -0.3 is 10.4 Å². The minimum Gasteiger partial charge on any atom is -0.396 e. The molecule has 0 aliphatic rings. The lowest BCUT2D eigenvalue weighted by Crippen LogP contribution is -2.24. The Bertz CT molecular complexity index is 508. The summed E-state index contributed by atoms with van der Waals surface area (Å²) in [6.07, 6.45) is 2.57. The minimum absolute atomic E-state index is 0.0224. The standard InChI is InChI=1S/C13H19NO4S/c1-19(17,18)10-11-4-6-12(7-5-11)13(16)14-8-2-3-9-15/h4-7,15H,2-3,8-10H2,1H3,(H,14,16). The highest BCUT2D eigenvalue weighted by Gasteiger charge is 2.07.